The molecule has 0 radical (unpaired) electrons. The number of alkyl halides is 1. The summed E-state index contributed by atoms with van der Waals surface area (Å²) in [7, 11) is 0. The standard InChI is InChI=1S/C10H13BrS/c1-10(4-5-10)7-8(11)9-3-2-6-12-9/h2-3,6,8H,4-5,7H2,1H3. The van der Waals surface area contributed by atoms with E-state index in [1.807, 2.05) is 11.3 Å². The molecule has 1 fully saturated rings. The van der Waals surface area contributed by atoms with Gasteiger partial charge in [-0.2, -0.15) is 0 Å². The maximum Gasteiger partial charge on any atom is 0.0494 e. The third-order valence-electron chi connectivity index (χ3n) is 2.63. The van der Waals surface area contributed by atoms with Crippen LogP contribution in [0.2, 0.25) is 0 Å². The van der Waals surface area contributed by atoms with Gasteiger partial charge in [-0.3, -0.25) is 0 Å². The normalized spacial score (nSPS) is 22.2. The van der Waals surface area contributed by atoms with E-state index in [0.717, 1.165) is 0 Å². The summed E-state index contributed by atoms with van der Waals surface area (Å²) in [4.78, 5) is 2.06. The molecule has 1 aliphatic carbocycles. The van der Waals surface area contributed by atoms with Crippen LogP contribution in [0.1, 0.15) is 35.9 Å². The first-order valence-electron chi connectivity index (χ1n) is 4.37. The van der Waals surface area contributed by atoms with Crippen molar-refractivity contribution < 1.29 is 0 Å². The molecule has 2 rings (SSSR count). The van der Waals surface area contributed by atoms with Crippen LogP contribution in [0.25, 0.3) is 0 Å². The fourth-order valence-corrected chi connectivity index (χ4v) is 3.38. The van der Waals surface area contributed by atoms with Gasteiger partial charge in [-0.15, -0.1) is 11.3 Å². The molecule has 0 bridgehead atoms. The molecule has 1 atom stereocenters. The first-order chi connectivity index (χ1) is 5.70. The summed E-state index contributed by atoms with van der Waals surface area (Å²) in [5.74, 6) is 0. The van der Waals surface area contributed by atoms with Crippen LogP contribution in [-0.2, 0) is 0 Å². The molecule has 12 heavy (non-hydrogen) atoms. The van der Waals surface area contributed by atoms with Gasteiger partial charge in [-0.05, 0) is 36.1 Å². The zero-order valence-corrected chi connectivity index (χ0v) is 9.62. The molecule has 2 heteroatoms. The molecule has 1 saturated carbocycles. The highest BCUT2D eigenvalue weighted by atomic mass is 79.9. The number of hydrogen-bond acceptors (Lipinski definition) is 1. The number of thiophene rings is 1. The van der Waals surface area contributed by atoms with Crippen molar-refractivity contribution in [1.29, 1.82) is 0 Å². The highest BCUT2D eigenvalue weighted by molar-refractivity contribution is 9.09. The highest BCUT2D eigenvalue weighted by Crippen LogP contribution is 2.53. The molecular formula is C10H13BrS. The van der Waals surface area contributed by atoms with E-state index < -0.39 is 0 Å². The number of halogens is 1. The third kappa shape index (κ3) is 1.91. The number of rotatable bonds is 3. The van der Waals surface area contributed by atoms with Crippen molar-refractivity contribution in [2.45, 2.75) is 31.0 Å². The molecule has 1 aromatic heterocycles. The summed E-state index contributed by atoms with van der Waals surface area (Å²) < 4.78 is 0. The number of hydrogen-bond donors (Lipinski definition) is 0. The lowest BCUT2D eigenvalue weighted by Crippen LogP contribution is -1.97. The average molecular weight is 245 g/mol. The van der Waals surface area contributed by atoms with Crippen LogP contribution >= 0.6 is 27.3 Å². The maximum absolute atomic E-state index is 3.75. The Labute approximate surface area is 86.1 Å². The molecule has 1 aliphatic rings. The Morgan fingerprint density at radius 3 is 2.92 bits per heavy atom. The summed E-state index contributed by atoms with van der Waals surface area (Å²) in [6.07, 6.45) is 4.13. The highest BCUT2D eigenvalue weighted by Gasteiger charge is 2.38. The summed E-state index contributed by atoms with van der Waals surface area (Å²) in [6.45, 7) is 2.38. The zero-order chi connectivity index (χ0) is 8.60. The monoisotopic (exact) mass is 244 g/mol. The Kier molecular flexibility index (Phi) is 2.30. The summed E-state index contributed by atoms with van der Waals surface area (Å²) in [5.41, 5.74) is 0.651. The largest absolute Gasteiger partial charge is 0.148 e. The van der Waals surface area contributed by atoms with Gasteiger partial charge < -0.3 is 0 Å². The van der Waals surface area contributed by atoms with E-state index in [-0.39, 0.29) is 0 Å². The van der Waals surface area contributed by atoms with Gasteiger partial charge in [0.15, 0.2) is 0 Å². The van der Waals surface area contributed by atoms with E-state index in [1.54, 1.807) is 0 Å². The molecule has 0 spiro atoms. The van der Waals surface area contributed by atoms with Crippen molar-refractivity contribution in [3.63, 3.8) is 0 Å². The topological polar surface area (TPSA) is 0 Å². The predicted octanol–water partition coefficient (Wildman–Crippen LogP) is 4.37. The minimum Gasteiger partial charge on any atom is -0.148 e. The quantitative estimate of drug-likeness (QED) is 0.693. The van der Waals surface area contributed by atoms with Crippen molar-refractivity contribution >= 4 is 27.3 Å². The van der Waals surface area contributed by atoms with E-state index in [4.69, 9.17) is 0 Å². The van der Waals surface area contributed by atoms with Gasteiger partial charge in [0.1, 0.15) is 0 Å². The molecule has 0 aromatic carbocycles. The summed E-state index contributed by atoms with van der Waals surface area (Å²) in [5, 5.41) is 2.15. The van der Waals surface area contributed by atoms with Gasteiger partial charge >= 0.3 is 0 Å². The van der Waals surface area contributed by atoms with Crippen LogP contribution in [-0.4, -0.2) is 0 Å². The molecule has 1 aromatic rings. The average Bonchev–Trinajstić information content (AvgIpc) is 2.55. The SMILES string of the molecule is CC1(CC(Br)c2cccs2)CC1. The molecule has 0 N–H and O–H groups in total. The van der Waals surface area contributed by atoms with Gasteiger partial charge in [0.25, 0.3) is 0 Å². The molecule has 0 amide bonds. The predicted molar refractivity (Wildman–Crippen MR) is 57.9 cm³/mol. The van der Waals surface area contributed by atoms with E-state index in [0.29, 0.717) is 10.2 Å². The van der Waals surface area contributed by atoms with E-state index in [9.17, 15) is 0 Å². The lowest BCUT2D eigenvalue weighted by atomic mass is 10.0. The van der Waals surface area contributed by atoms with Gasteiger partial charge in [0.2, 0.25) is 0 Å². The smallest absolute Gasteiger partial charge is 0.0494 e. The van der Waals surface area contributed by atoms with Crippen LogP contribution < -0.4 is 0 Å². The van der Waals surface area contributed by atoms with E-state index in [1.165, 1.54) is 24.1 Å². The minimum absolute atomic E-state index is 0.588. The molecule has 0 nitrogen and oxygen atoms in total. The minimum atomic E-state index is 0.588. The molecule has 0 aliphatic heterocycles. The summed E-state index contributed by atoms with van der Waals surface area (Å²) in [6, 6.07) is 4.35. The van der Waals surface area contributed by atoms with Crippen LogP contribution in [0.4, 0.5) is 0 Å². The first-order valence-corrected chi connectivity index (χ1v) is 6.17. The van der Waals surface area contributed by atoms with Crippen molar-refractivity contribution in [1.82, 2.24) is 0 Å². The van der Waals surface area contributed by atoms with Gasteiger partial charge in [-0.1, -0.05) is 28.9 Å². The molecule has 0 saturated heterocycles. The molecule has 66 valence electrons. The second-order valence-electron chi connectivity index (χ2n) is 4.00. The maximum atomic E-state index is 3.75. The van der Waals surface area contributed by atoms with Crippen molar-refractivity contribution in [3.05, 3.63) is 22.4 Å². The van der Waals surface area contributed by atoms with E-state index in [2.05, 4.69) is 40.4 Å². The van der Waals surface area contributed by atoms with E-state index >= 15 is 0 Å². The lowest BCUT2D eigenvalue weighted by molar-refractivity contribution is 0.518. The Morgan fingerprint density at radius 2 is 2.42 bits per heavy atom. The fourth-order valence-electron chi connectivity index (χ4n) is 1.42. The third-order valence-corrected chi connectivity index (χ3v) is 4.73. The van der Waals surface area contributed by atoms with Crippen molar-refractivity contribution in [2.24, 2.45) is 5.41 Å². The fraction of sp³-hybridized carbons (Fsp3) is 0.600. The van der Waals surface area contributed by atoms with Crippen LogP contribution in [0.15, 0.2) is 17.5 Å². The molecular weight excluding hydrogens is 232 g/mol. The first kappa shape index (κ1) is 8.76. The van der Waals surface area contributed by atoms with Crippen LogP contribution in [0, 0.1) is 5.41 Å². The van der Waals surface area contributed by atoms with Crippen molar-refractivity contribution in [2.75, 3.05) is 0 Å². The second kappa shape index (κ2) is 3.15. The molecule has 1 unspecified atom stereocenters. The Bertz CT molecular complexity index is 249. The Balaban J connectivity index is 1.97. The second-order valence-corrected chi connectivity index (χ2v) is 6.08. The Hall–Kier alpha value is 0.180. The van der Waals surface area contributed by atoms with Crippen LogP contribution in [0.5, 0.6) is 0 Å². The van der Waals surface area contributed by atoms with Crippen LogP contribution in [0.3, 0.4) is 0 Å². The summed E-state index contributed by atoms with van der Waals surface area (Å²) >= 11 is 5.60. The zero-order valence-electron chi connectivity index (χ0n) is 7.22. The van der Waals surface area contributed by atoms with Gasteiger partial charge in [0.05, 0.1) is 0 Å². The van der Waals surface area contributed by atoms with Gasteiger partial charge in [-0.25, -0.2) is 0 Å². The van der Waals surface area contributed by atoms with Gasteiger partial charge in [0, 0.05) is 9.70 Å². The molecule has 1 heterocycles. The van der Waals surface area contributed by atoms with Crippen molar-refractivity contribution in [3.8, 4) is 0 Å². The Morgan fingerprint density at radius 1 is 1.67 bits per heavy atom. The lowest BCUT2D eigenvalue weighted by Gasteiger charge is -2.12.